The summed E-state index contributed by atoms with van der Waals surface area (Å²) >= 11 is 6.12. The Kier molecular flexibility index (Phi) is 8.59. The summed E-state index contributed by atoms with van der Waals surface area (Å²) in [5, 5.41) is 10.3. The zero-order valence-electron chi connectivity index (χ0n) is 20.5. The van der Waals surface area contributed by atoms with Crippen LogP contribution in [0.5, 0.6) is 5.75 Å². The number of rotatable bonds is 9. The molecule has 9 heteroatoms. The van der Waals surface area contributed by atoms with Gasteiger partial charge in [-0.05, 0) is 56.0 Å². The van der Waals surface area contributed by atoms with E-state index in [1.54, 1.807) is 30.3 Å². The van der Waals surface area contributed by atoms with Gasteiger partial charge in [0.1, 0.15) is 5.82 Å². The van der Waals surface area contributed by atoms with E-state index in [0.29, 0.717) is 47.3 Å². The number of hydrogen-bond acceptors (Lipinski definition) is 5. The SMILES string of the molecule is C=C(NC)N1N=C(c2ccc(Cl)cc2)c2cc(N(CCC)CCC)c(OC(F)(F)F)cc2CC1C. The maximum Gasteiger partial charge on any atom is 0.573 e. The molecule has 0 aliphatic carbocycles. The van der Waals surface area contributed by atoms with Crippen molar-refractivity contribution in [3.8, 4) is 5.75 Å². The summed E-state index contributed by atoms with van der Waals surface area (Å²) in [6.45, 7) is 11.2. The van der Waals surface area contributed by atoms with Gasteiger partial charge in [0, 0.05) is 36.3 Å². The van der Waals surface area contributed by atoms with Crippen molar-refractivity contribution < 1.29 is 17.9 Å². The first kappa shape index (κ1) is 26.7. The molecule has 0 aromatic heterocycles. The normalized spacial score (nSPS) is 15.7. The van der Waals surface area contributed by atoms with E-state index in [1.165, 1.54) is 6.07 Å². The standard InChI is InChI=1S/C26H32ClF3N4O/c1-6-12-33(13-7-2)23-16-22-20(15-24(23)35-26(28,29)30)14-17(3)34(18(4)31-5)32-25(22)19-8-10-21(27)11-9-19/h8-11,15-17,31H,4,6-7,12-14H2,1-3,5H3. The van der Waals surface area contributed by atoms with Crippen molar-refractivity contribution in [1.82, 2.24) is 10.3 Å². The largest absolute Gasteiger partial charge is 0.573 e. The molecule has 35 heavy (non-hydrogen) atoms. The molecule has 0 amide bonds. The molecule has 1 N–H and O–H groups in total. The summed E-state index contributed by atoms with van der Waals surface area (Å²) in [6, 6.07) is 10.4. The summed E-state index contributed by atoms with van der Waals surface area (Å²) < 4.78 is 44.9. The number of nitrogens with one attached hydrogen (secondary N) is 1. The van der Waals surface area contributed by atoms with E-state index in [-0.39, 0.29) is 11.8 Å². The van der Waals surface area contributed by atoms with Crippen LogP contribution in [0.3, 0.4) is 0 Å². The number of hydrazone groups is 1. The first-order valence-electron chi connectivity index (χ1n) is 11.8. The molecule has 1 atom stereocenters. The van der Waals surface area contributed by atoms with Crippen molar-refractivity contribution in [1.29, 1.82) is 0 Å². The van der Waals surface area contributed by atoms with Crippen LogP contribution in [-0.4, -0.2) is 43.3 Å². The third-order valence-corrected chi connectivity index (χ3v) is 6.07. The molecular weight excluding hydrogens is 477 g/mol. The Morgan fingerprint density at radius 1 is 1.20 bits per heavy atom. The lowest BCUT2D eigenvalue weighted by atomic mass is 9.93. The Morgan fingerprint density at radius 2 is 1.83 bits per heavy atom. The van der Waals surface area contributed by atoms with E-state index in [9.17, 15) is 13.2 Å². The van der Waals surface area contributed by atoms with Crippen molar-refractivity contribution in [3.63, 3.8) is 0 Å². The van der Waals surface area contributed by atoms with Gasteiger partial charge >= 0.3 is 6.36 Å². The molecule has 0 fully saturated rings. The van der Waals surface area contributed by atoms with Gasteiger partial charge in [0.25, 0.3) is 0 Å². The van der Waals surface area contributed by atoms with Crippen molar-refractivity contribution in [2.75, 3.05) is 25.0 Å². The topological polar surface area (TPSA) is 40.1 Å². The van der Waals surface area contributed by atoms with Crippen LogP contribution >= 0.6 is 11.6 Å². The van der Waals surface area contributed by atoms with E-state index in [0.717, 1.165) is 24.0 Å². The average molecular weight is 509 g/mol. The first-order chi connectivity index (χ1) is 16.6. The van der Waals surface area contributed by atoms with Gasteiger partial charge in [-0.25, -0.2) is 5.01 Å². The molecule has 0 radical (unpaired) electrons. The van der Waals surface area contributed by atoms with Crippen LogP contribution in [0.2, 0.25) is 5.02 Å². The molecule has 1 aliphatic heterocycles. The van der Waals surface area contributed by atoms with Gasteiger partial charge in [-0.1, -0.05) is 44.2 Å². The van der Waals surface area contributed by atoms with Crippen LogP contribution in [0.25, 0.3) is 0 Å². The summed E-state index contributed by atoms with van der Waals surface area (Å²) in [5.74, 6) is 0.393. The molecule has 0 bridgehead atoms. The smallest absolute Gasteiger partial charge is 0.404 e. The lowest BCUT2D eigenvalue weighted by Crippen LogP contribution is -2.33. The highest BCUT2D eigenvalue weighted by Gasteiger charge is 2.34. The minimum absolute atomic E-state index is 0.162. The number of halogens is 4. The molecule has 2 aromatic carbocycles. The van der Waals surface area contributed by atoms with E-state index in [4.69, 9.17) is 16.7 Å². The third-order valence-electron chi connectivity index (χ3n) is 5.82. The molecule has 3 rings (SSSR count). The number of hydrogen-bond donors (Lipinski definition) is 1. The van der Waals surface area contributed by atoms with Gasteiger partial charge in [-0.15, -0.1) is 13.2 Å². The Bertz CT molecular complexity index is 1060. The van der Waals surface area contributed by atoms with Gasteiger partial charge in [-0.3, -0.25) is 0 Å². The Morgan fingerprint density at radius 3 is 2.37 bits per heavy atom. The summed E-state index contributed by atoms with van der Waals surface area (Å²) in [5.41, 5.74) is 3.30. The predicted molar refractivity (Wildman–Crippen MR) is 136 cm³/mol. The van der Waals surface area contributed by atoms with E-state index >= 15 is 0 Å². The van der Waals surface area contributed by atoms with E-state index in [2.05, 4.69) is 16.6 Å². The van der Waals surface area contributed by atoms with Crippen LogP contribution in [0.1, 0.15) is 50.3 Å². The van der Waals surface area contributed by atoms with Gasteiger partial charge in [0.05, 0.1) is 17.4 Å². The number of ether oxygens (including phenoxy) is 1. The fourth-order valence-electron chi connectivity index (χ4n) is 4.27. The zero-order chi connectivity index (χ0) is 25.8. The number of benzene rings is 2. The van der Waals surface area contributed by atoms with E-state index in [1.807, 2.05) is 37.8 Å². The van der Waals surface area contributed by atoms with Crippen LogP contribution in [-0.2, 0) is 6.42 Å². The number of anilines is 1. The second-order valence-corrected chi connectivity index (χ2v) is 9.00. The van der Waals surface area contributed by atoms with Crippen LogP contribution in [0.4, 0.5) is 18.9 Å². The summed E-state index contributed by atoms with van der Waals surface area (Å²) in [6.07, 6.45) is -2.78. The number of fused-ring (bicyclic) bond motifs is 1. The molecule has 1 heterocycles. The lowest BCUT2D eigenvalue weighted by molar-refractivity contribution is -0.274. The van der Waals surface area contributed by atoms with Crippen molar-refractivity contribution in [2.24, 2.45) is 5.10 Å². The highest BCUT2D eigenvalue weighted by molar-refractivity contribution is 6.30. The fourth-order valence-corrected chi connectivity index (χ4v) is 4.40. The second kappa shape index (κ2) is 11.2. The Balaban J connectivity index is 2.29. The molecule has 0 saturated heterocycles. The maximum atomic E-state index is 13.4. The molecule has 190 valence electrons. The monoisotopic (exact) mass is 508 g/mol. The van der Waals surface area contributed by atoms with E-state index < -0.39 is 6.36 Å². The predicted octanol–water partition coefficient (Wildman–Crippen LogP) is 6.55. The van der Waals surface area contributed by atoms with Crippen LogP contribution in [0.15, 0.2) is 53.9 Å². The van der Waals surface area contributed by atoms with Crippen molar-refractivity contribution in [3.05, 3.63) is 70.5 Å². The third kappa shape index (κ3) is 6.42. The van der Waals surface area contributed by atoms with Crippen LogP contribution < -0.4 is 15.0 Å². The zero-order valence-corrected chi connectivity index (χ0v) is 21.3. The molecule has 0 saturated carbocycles. The highest BCUT2D eigenvalue weighted by atomic mass is 35.5. The van der Waals surface area contributed by atoms with Gasteiger partial charge in [0.2, 0.25) is 0 Å². The van der Waals surface area contributed by atoms with Gasteiger partial charge < -0.3 is 15.0 Å². The number of nitrogens with zero attached hydrogens (tertiary/aromatic N) is 3. The van der Waals surface area contributed by atoms with Gasteiger partial charge in [-0.2, -0.15) is 5.10 Å². The molecule has 0 spiro atoms. The van der Waals surface area contributed by atoms with Crippen molar-refractivity contribution >= 4 is 23.0 Å². The lowest BCUT2D eigenvalue weighted by Gasteiger charge is -2.28. The average Bonchev–Trinajstić information content (AvgIpc) is 2.93. The number of alkyl halides is 3. The van der Waals surface area contributed by atoms with Crippen molar-refractivity contribution in [2.45, 2.75) is 52.4 Å². The molecule has 2 aromatic rings. The molecular formula is C26H32ClF3N4O. The molecule has 5 nitrogen and oxygen atoms in total. The minimum Gasteiger partial charge on any atom is -0.404 e. The fraction of sp³-hybridized carbons (Fsp3) is 0.423. The first-order valence-corrected chi connectivity index (χ1v) is 12.1. The summed E-state index contributed by atoms with van der Waals surface area (Å²) in [7, 11) is 1.76. The minimum atomic E-state index is -4.80. The molecule has 1 unspecified atom stereocenters. The maximum absolute atomic E-state index is 13.4. The highest BCUT2D eigenvalue weighted by Crippen LogP contribution is 2.39. The summed E-state index contributed by atoms with van der Waals surface area (Å²) in [4.78, 5) is 1.94. The van der Waals surface area contributed by atoms with Gasteiger partial charge in [0.15, 0.2) is 5.75 Å². The van der Waals surface area contributed by atoms with Crippen LogP contribution in [0, 0.1) is 0 Å². The molecule has 1 aliphatic rings. The Hall–Kier alpha value is -2.87. The quantitative estimate of drug-likeness (QED) is 0.416. The Labute approximate surface area is 210 Å². The second-order valence-electron chi connectivity index (χ2n) is 8.56.